The van der Waals surface area contributed by atoms with Crippen molar-refractivity contribution in [1.82, 2.24) is 14.6 Å². The summed E-state index contributed by atoms with van der Waals surface area (Å²) in [5, 5.41) is 3.90. The van der Waals surface area contributed by atoms with Crippen molar-refractivity contribution < 1.29 is 22.7 Å². The summed E-state index contributed by atoms with van der Waals surface area (Å²) in [6, 6.07) is 6.62. The van der Waals surface area contributed by atoms with E-state index in [4.69, 9.17) is 9.47 Å². The molecule has 0 saturated heterocycles. The van der Waals surface area contributed by atoms with Gasteiger partial charge in [0.2, 0.25) is 15.9 Å². The van der Waals surface area contributed by atoms with Gasteiger partial charge in [0, 0.05) is 50.5 Å². The summed E-state index contributed by atoms with van der Waals surface area (Å²) in [7, 11) is -0.888. The molecule has 2 aromatic rings. The number of benzene rings is 1. The molecule has 0 saturated carbocycles. The molecule has 0 spiro atoms. The summed E-state index contributed by atoms with van der Waals surface area (Å²) in [4.78, 5) is 16.3. The zero-order valence-electron chi connectivity index (χ0n) is 14.8. The highest BCUT2D eigenvalue weighted by Crippen LogP contribution is 2.25. The van der Waals surface area contributed by atoms with Gasteiger partial charge in [0.1, 0.15) is 0 Å². The van der Waals surface area contributed by atoms with Gasteiger partial charge in [0.25, 0.3) is 0 Å². The van der Waals surface area contributed by atoms with Gasteiger partial charge in [-0.05, 0) is 12.1 Å². The van der Waals surface area contributed by atoms with Crippen LogP contribution in [0, 0.1) is 0 Å². The molecule has 0 unspecified atom stereocenters. The van der Waals surface area contributed by atoms with Gasteiger partial charge in [-0.15, -0.1) is 0 Å². The Balaban J connectivity index is 2.31. The number of aromatic nitrogens is 1. The lowest BCUT2D eigenvalue weighted by molar-refractivity contribution is -0.121. The number of methoxy groups -OCH3 is 2. The summed E-state index contributed by atoms with van der Waals surface area (Å²) < 4.78 is 37.3. The van der Waals surface area contributed by atoms with Crippen LogP contribution in [-0.4, -0.2) is 70.7 Å². The summed E-state index contributed by atoms with van der Waals surface area (Å²) in [6.45, 7) is 0.617. The van der Waals surface area contributed by atoms with E-state index < -0.39 is 15.9 Å². The number of nitrogens with one attached hydrogen (secondary N) is 1. The molecule has 0 aliphatic carbocycles. The molecule has 1 amide bonds. The van der Waals surface area contributed by atoms with Crippen LogP contribution < -0.4 is 5.32 Å². The van der Waals surface area contributed by atoms with Gasteiger partial charge in [-0.25, -0.2) is 8.42 Å². The van der Waals surface area contributed by atoms with E-state index in [0.717, 1.165) is 4.31 Å². The van der Waals surface area contributed by atoms with Crippen LogP contribution in [0.25, 0.3) is 10.8 Å². The SMILES string of the molecule is COCCNC(=O)CN(CCOC)S(=O)(=O)c1cccc2cnccc12. The second-order valence-electron chi connectivity index (χ2n) is 5.53. The number of ether oxygens (including phenoxy) is 2. The molecule has 0 aliphatic heterocycles. The Morgan fingerprint density at radius 2 is 1.96 bits per heavy atom. The maximum Gasteiger partial charge on any atom is 0.244 e. The number of hydrogen-bond donors (Lipinski definition) is 1. The number of carbonyl (C=O) groups excluding carboxylic acids is 1. The van der Waals surface area contributed by atoms with Gasteiger partial charge in [0.05, 0.1) is 24.7 Å². The maximum atomic E-state index is 13.2. The normalized spacial score (nSPS) is 11.8. The molecule has 0 radical (unpaired) electrons. The first-order valence-electron chi connectivity index (χ1n) is 8.08. The van der Waals surface area contributed by atoms with Crippen molar-refractivity contribution in [3.63, 3.8) is 0 Å². The fraction of sp³-hybridized carbons (Fsp3) is 0.412. The lowest BCUT2D eigenvalue weighted by Crippen LogP contribution is -2.42. The zero-order chi connectivity index (χ0) is 19.0. The topological polar surface area (TPSA) is 97.8 Å². The van der Waals surface area contributed by atoms with Crippen molar-refractivity contribution >= 4 is 26.7 Å². The van der Waals surface area contributed by atoms with E-state index in [2.05, 4.69) is 10.3 Å². The summed E-state index contributed by atoms with van der Waals surface area (Å²) >= 11 is 0. The maximum absolute atomic E-state index is 13.2. The minimum atomic E-state index is -3.89. The Hall–Kier alpha value is -2.07. The number of carbonyl (C=O) groups is 1. The third-order valence-electron chi connectivity index (χ3n) is 3.75. The van der Waals surface area contributed by atoms with Crippen LogP contribution in [0.1, 0.15) is 0 Å². The third-order valence-corrected chi connectivity index (χ3v) is 5.66. The smallest absolute Gasteiger partial charge is 0.244 e. The van der Waals surface area contributed by atoms with E-state index in [-0.39, 0.29) is 24.6 Å². The fourth-order valence-electron chi connectivity index (χ4n) is 2.44. The second-order valence-corrected chi connectivity index (χ2v) is 7.43. The van der Waals surface area contributed by atoms with Crippen LogP contribution in [0.4, 0.5) is 0 Å². The van der Waals surface area contributed by atoms with Crippen LogP contribution in [0.15, 0.2) is 41.6 Å². The second kappa shape index (κ2) is 9.58. The molecule has 9 heteroatoms. The Morgan fingerprint density at radius 1 is 1.19 bits per heavy atom. The Morgan fingerprint density at radius 3 is 2.69 bits per heavy atom. The number of pyridine rings is 1. The molecule has 0 atom stereocenters. The molecule has 0 aliphatic rings. The van der Waals surface area contributed by atoms with Crippen molar-refractivity contribution in [2.75, 3.05) is 47.1 Å². The number of rotatable bonds is 10. The van der Waals surface area contributed by atoms with E-state index in [9.17, 15) is 13.2 Å². The Kier molecular flexibility index (Phi) is 7.46. The first-order valence-corrected chi connectivity index (χ1v) is 9.52. The van der Waals surface area contributed by atoms with Gasteiger partial charge in [-0.2, -0.15) is 4.31 Å². The largest absolute Gasteiger partial charge is 0.383 e. The summed E-state index contributed by atoms with van der Waals surface area (Å²) in [6.07, 6.45) is 3.14. The highest BCUT2D eigenvalue weighted by atomic mass is 32.2. The number of amides is 1. The molecule has 0 bridgehead atoms. The molecule has 0 fully saturated rings. The van der Waals surface area contributed by atoms with E-state index in [0.29, 0.717) is 23.9 Å². The van der Waals surface area contributed by atoms with Crippen LogP contribution in [0.2, 0.25) is 0 Å². The third kappa shape index (κ3) is 4.98. The van der Waals surface area contributed by atoms with Crippen LogP contribution in [-0.2, 0) is 24.3 Å². The number of sulfonamides is 1. The van der Waals surface area contributed by atoms with Gasteiger partial charge in [0.15, 0.2) is 0 Å². The predicted molar refractivity (Wildman–Crippen MR) is 97.3 cm³/mol. The lowest BCUT2D eigenvalue weighted by atomic mass is 10.2. The van der Waals surface area contributed by atoms with Crippen molar-refractivity contribution in [3.8, 4) is 0 Å². The van der Waals surface area contributed by atoms with Gasteiger partial charge < -0.3 is 14.8 Å². The number of nitrogens with zero attached hydrogens (tertiary/aromatic N) is 2. The Bertz CT molecular complexity index is 836. The molecule has 8 nitrogen and oxygen atoms in total. The molecule has 1 aromatic heterocycles. The van der Waals surface area contributed by atoms with Gasteiger partial charge in [-0.1, -0.05) is 12.1 Å². The fourth-order valence-corrected chi connectivity index (χ4v) is 4.04. The standard InChI is InChI=1S/C17H23N3O5S/c1-24-10-8-19-17(21)13-20(9-11-25-2)26(22,23)16-5-3-4-14-12-18-7-6-15(14)16/h3-7,12H,8-11,13H2,1-2H3,(H,19,21). The number of fused-ring (bicyclic) bond motifs is 1. The van der Waals surface area contributed by atoms with E-state index in [1.54, 1.807) is 24.4 Å². The van der Waals surface area contributed by atoms with Gasteiger partial charge in [-0.3, -0.25) is 9.78 Å². The zero-order valence-corrected chi connectivity index (χ0v) is 15.7. The highest BCUT2D eigenvalue weighted by molar-refractivity contribution is 7.89. The quantitative estimate of drug-likeness (QED) is 0.607. The van der Waals surface area contributed by atoms with Crippen molar-refractivity contribution in [2.24, 2.45) is 0 Å². The first-order chi connectivity index (χ1) is 12.5. The molecule has 2 rings (SSSR count). The molecule has 1 N–H and O–H groups in total. The monoisotopic (exact) mass is 381 g/mol. The van der Waals surface area contributed by atoms with Crippen LogP contribution >= 0.6 is 0 Å². The van der Waals surface area contributed by atoms with E-state index in [1.165, 1.54) is 26.5 Å². The minimum Gasteiger partial charge on any atom is -0.383 e. The average Bonchev–Trinajstić information content (AvgIpc) is 2.64. The van der Waals surface area contributed by atoms with Gasteiger partial charge >= 0.3 is 0 Å². The molecule has 26 heavy (non-hydrogen) atoms. The van der Waals surface area contributed by atoms with Crippen molar-refractivity contribution in [3.05, 3.63) is 36.7 Å². The van der Waals surface area contributed by atoms with Crippen molar-refractivity contribution in [2.45, 2.75) is 4.90 Å². The van der Waals surface area contributed by atoms with Crippen LogP contribution in [0.3, 0.4) is 0 Å². The van der Waals surface area contributed by atoms with E-state index in [1.807, 2.05) is 0 Å². The predicted octanol–water partition coefficient (Wildman–Crippen LogP) is 0.635. The van der Waals surface area contributed by atoms with Crippen LogP contribution in [0.5, 0.6) is 0 Å². The highest BCUT2D eigenvalue weighted by Gasteiger charge is 2.27. The first kappa shape index (κ1) is 20.2. The summed E-state index contributed by atoms with van der Waals surface area (Å²) in [5.74, 6) is -0.399. The van der Waals surface area contributed by atoms with Crippen molar-refractivity contribution in [1.29, 1.82) is 0 Å². The molecular formula is C17H23N3O5S. The molecule has 1 aromatic carbocycles. The number of hydrogen-bond acceptors (Lipinski definition) is 6. The lowest BCUT2D eigenvalue weighted by Gasteiger charge is -2.22. The molecule has 142 valence electrons. The Labute approximate surface area is 153 Å². The molecular weight excluding hydrogens is 358 g/mol. The summed E-state index contributed by atoms with van der Waals surface area (Å²) in [5.41, 5.74) is 0. The average molecular weight is 381 g/mol. The minimum absolute atomic E-state index is 0.0675. The van der Waals surface area contributed by atoms with E-state index >= 15 is 0 Å². The molecule has 1 heterocycles.